The number of rotatable bonds is 1. The molecule has 4 nitrogen and oxygen atoms in total. The summed E-state index contributed by atoms with van der Waals surface area (Å²) in [5, 5.41) is 0. The van der Waals surface area contributed by atoms with Crippen LogP contribution in [0.25, 0.3) is 11.4 Å². The molecule has 1 fully saturated rings. The van der Waals surface area contributed by atoms with Gasteiger partial charge >= 0.3 is 0 Å². The average molecular weight is 335 g/mol. The van der Waals surface area contributed by atoms with Crippen molar-refractivity contribution in [3.63, 3.8) is 0 Å². The zero-order valence-corrected chi connectivity index (χ0v) is 13.9. The van der Waals surface area contributed by atoms with Gasteiger partial charge in [-0.25, -0.2) is 9.37 Å². The number of aromatic nitrogens is 2. The summed E-state index contributed by atoms with van der Waals surface area (Å²) in [5.41, 5.74) is 4.04. The molecule has 5 rings (SSSR count). The first-order chi connectivity index (χ1) is 12.1. The van der Waals surface area contributed by atoms with E-state index in [0.717, 1.165) is 35.5 Å². The number of pyridine rings is 1. The van der Waals surface area contributed by atoms with Gasteiger partial charge in [-0.05, 0) is 48.2 Å². The monoisotopic (exact) mass is 335 g/mol. The molecule has 126 valence electrons. The number of carbonyl (C=O) groups is 1. The molecule has 4 aliphatic rings. The molecule has 1 spiro atoms. The number of hydrogen-bond donors (Lipinski definition) is 1. The van der Waals surface area contributed by atoms with Crippen LogP contribution in [0.5, 0.6) is 0 Å². The zero-order chi connectivity index (χ0) is 17.2. The van der Waals surface area contributed by atoms with E-state index >= 15 is 0 Å². The lowest BCUT2D eigenvalue weighted by Crippen LogP contribution is -2.44. The molecule has 1 saturated carbocycles. The molecule has 0 aromatic heterocycles. The summed E-state index contributed by atoms with van der Waals surface area (Å²) >= 11 is 0. The predicted molar refractivity (Wildman–Crippen MR) is 91.8 cm³/mol. The Morgan fingerprint density at radius 3 is 2.88 bits per heavy atom. The number of benzene rings is 1. The molecule has 1 amide bonds. The minimum Gasteiger partial charge on any atom is -0.346 e. The van der Waals surface area contributed by atoms with Crippen molar-refractivity contribution in [2.24, 2.45) is 0 Å². The minimum atomic E-state index is -0.338. The Balaban J connectivity index is 1.79. The van der Waals surface area contributed by atoms with Crippen molar-refractivity contribution in [3.05, 3.63) is 65.2 Å². The van der Waals surface area contributed by atoms with Crippen LogP contribution in [0.1, 0.15) is 42.6 Å². The molecule has 1 N–H and O–H groups in total. The van der Waals surface area contributed by atoms with Crippen molar-refractivity contribution in [1.82, 2.24) is 14.9 Å². The van der Waals surface area contributed by atoms with E-state index in [2.05, 4.69) is 11.1 Å². The number of nitrogens with one attached hydrogen (secondary N) is 1. The highest BCUT2D eigenvalue weighted by molar-refractivity contribution is 5.78. The van der Waals surface area contributed by atoms with E-state index in [-0.39, 0.29) is 23.2 Å². The fourth-order valence-corrected chi connectivity index (χ4v) is 4.30. The van der Waals surface area contributed by atoms with Crippen LogP contribution < -0.4 is 0 Å². The van der Waals surface area contributed by atoms with Crippen LogP contribution in [-0.4, -0.2) is 27.3 Å². The summed E-state index contributed by atoms with van der Waals surface area (Å²) in [5.74, 6) is 0.546. The van der Waals surface area contributed by atoms with Gasteiger partial charge in [-0.1, -0.05) is 12.1 Å². The van der Waals surface area contributed by atoms with E-state index in [1.54, 1.807) is 13.0 Å². The van der Waals surface area contributed by atoms with E-state index in [4.69, 9.17) is 4.98 Å². The fourth-order valence-electron chi connectivity index (χ4n) is 4.30. The summed E-state index contributed by atoms with van der Waals surface area (Å²) < 4.78 is 13.9. The number of hydrogen-bond acceptors (Lipinski definition) is 2. The Kier molecular flexibility index (Phi) is 2.87. The number of carbonyl (C=O) groups excluding carboxylic acids is 1. The molecule has 0 radical (unpaired) electrons. The Morgan fingerprint density at radius 2 is 2.16 bits per heavy atom. The van der Waals surface area contributed by atoms with Crippen molar-refractivity contribution in [3.8, 4) is 11.4 Å². The number of aromatic amines is 1. The molecule has 1 aromatic carbocycles. The van der Waals surface area contributed by atoms with Crippen LogP contribution in [0.15, 0.2) is 42.6 Å². The van der Waals surface area contributed by atoms with E-state index in [0.29, 0.717) is 6.54 Å². The summed E-state index contributed by atoms with van der Waals surface area (Å²) in [4.78, 5) is 22.3. The van der Waals surface area contributed by atoms with Crippen LogP contribution in [0.3, 0.4) is 0 Å². The SMILES string of the molecule is CC(=O)N1CC2(CC2)c2c3ccc[nH]c-3nc2C1c1cccc(F)c1. The van der Waals surface area contributed by atoms with Crippen molar-refractivity contribution >= 4 is 5.91 Å². The lowest BCUT2D eigenvalue weighted by molar-refractivity contribution is -0.131. The van der Waals surface area contributed by atoms with Gasteiger partial charge in [0.15, 0.2) is 0 Å². The average Bonchev–Trinajstić information content (AvgIpc) is 3.24. The Morgan fingerprint density at radius 1 is 1.32 bits per heavy atom. The van der Waals surface area contributed by atoms with E-state index in [9.17, 15) is 9.18 Å². The molecular weight excluding hydrogens is 317 g/mol. The first-order valence-electron chi connectivity index (χ1n) is 8.59. The Hall–Kier alpha value is -2.69. The molecule has 1 unspecified atom stereocenters. The molecule has 1 aliphatic carbocycles. The molecule has 25 heavy (non-hydrogen) atoms. The van der Waals surface area contributed by atoms with Crippen LogP contribution in [0, 0.1) is 5.82 Å². The lowest BCUT2D eigenvalue weighted by atomic mass is 9.82. The standard InChI is InChI=1S/C20H18FN3O/c1-12(25)24-11-20(7-8-20)16-15-6-3-9-22-19(15)23-17(16)18(24)13-4-2-5-14(21)10-13/h2-6,9-10,18H,7-8,11H2,1H3,(H,22,23). The molecule has 0 saturated heterocycles. The molecule has 3 heterocycles. The molecular formula is C20H18FN3O. The van der Waals surface area contributed by atoms with Crippen molar-refractivity contribution in [2.45, 2.75) is 31.2 Å². The first-order valence-corrected chi connectivity index (χ1v) is 8.59. The van der Waals surface area contributed by atoms with Gasteiger partial charge in [0.2, 0.25) is 5.91 Å². The maximum atomic E-state index is 13.9. The molecule has 5 heteroatoms. The van der Waals surface area contributed by atoms with E-state index in [1.165, 1.54) is 17.7 Å². The van der Waals surface area contributed by atoms with Gasteiger partial charge in [-0.15, -0.1) is 0 Å². The second-order valence-corrected chi connectivity index (χ2v) is 7.19. The normalized spacial score (nSPS) is 20.7. The van der Waals surface area contributed by atoms with Crippen LogP contribution in [0.2, 0.25) is 0 Å². The fraction of sp³-hybridized carbons (Fsp3) is 0.300. The Bertz CT molecular complexity index is 959. The number of fused-ring (bicyclic) bond motifs is 4. The summed E-state index contributed by atoms with van der Waals surface area (Å²) in [6.45, 7) is 2.26. The third-order valence-electron chi connectivity index (χ3n) is 5.59. The summed E-state index contributed by atoms with van der Waals surface area (Å²) in [6.07, 6.45) is 3.99. The van der Waals surface area contributed by atoms with Crippen LogP contribution in [0.4, 0.5) is 4.39 Å². The third kappa shape index (κ3) is 2.05. The number of H-pyrrole nitrogens is 1. The predicted octanol–water partition coefficient (Wildman–Crippen LogP) is 3.64. The van der Waals surface area contributed by atoms with Gasteiger partial charge < -0.3 is 9.88 Å². The first kappa shape index (κ1) is 14.6. The number of halogens is 1. The quantitative estimate of drug-likeness (QED) is 0.738. The van der Waals surface area contributed by atoms with E-state index in [1.807, 2.05) is 23.2 Å². The Labute approximate surface area is 145 Å². The topological polar surface area (TPSA) is 49.0 Å². The zero-order valence-electron chi connectivity index (χ0n) is 13.9. The van der Waals surface area contributed by atoms with Gasteiger partial charge in [0, 0.05) is 30.6 Å². The molecule has 0 bridgehead atoms. The van der Waals surface area contributed by atoms with Crippen LogP contribution >= 0.6 is 0 Å². The highest BCUT2D eigenvalue weighted by atomic mass is 19.1. The van der Waals surface area contributed by atoms with Gasteiger partial charge in [-0.2, -0.15) is 0 Å². The molecule has 1 atom stereocenters. The second-order valence-electron chi connectivity index (χ2n) is 7.19. The smallest absolute Gasteiger partial charge is 0.220 e. The van der Waals surface area contributed by atoms with Crippen molar-refractivity contribution < 1.29 is 9.18 Å². The number of nitrogens with zero attached hydrogens (tertiary/aromatic N) is 2. The summed E-state index contributed by atoms with van der Waals surface area (Å²) in [7, 11) is 0. The minimum absolute atomic E-state index is 0.00206. The highest BCUT2D eigenvalue weighted by Gasteiger charge is 2.55. The van der Waals surface area contributed by atoms with Gasteiger partial charge in [0.1, 0.15) is 11.6 Å². The largest absolute Gasteiger partial charge is 0.346 e. The van der Waals surface area contributed by atoms with Gasteiger partial charge in [0.25, 0.3) is 0 Å². The number of amides is 1. The second kappa shape index (κ2) is 4.91. The van der Waals surface area contributed by atoms with Crippen molar-refractivity contribution in [1.29, 1.82) is 0 Å². The lowest BCUT2D eigenvalue weighted by Gasteiger charge is -2.39. The third-order valence-corrected chi connectivity index (χ3v) is 5.59. The van der Waals surface area contributed by atoms with E-state index < -0.39 is 0 Å². The molecule has 1 aromatic rings. The highest BCUT2D eigenvalue weighted by Crippen LogP contribution is 2.58. The molecule has 3 aliphatic heterocycles. The van der Waals surface area contributed by atoms with Gasteiger partial charge in [0.05, 0.1) is 11.7 Å². The summed E-state index contributed by atoms with van der Waals surface area (Å²) in [6, 6.07) is 10.2. The van der Waals surface area contributed by atoms with Gasteiger partial charge in [-0.3, -0.25) is 4.79 Å². The van der Waals surface area contributed by atoms with Crippen LogP contribution in [-0.2, 0) is 10.2 Å². The van der Waals surface area contributed by atoms with Crippen molar-refractivity contribution in [2.75, 3.05) is 6.54 Å². The maximum absolute atomic E-state index is 13.9. The maximum Gasteiger partial charge on any atom is 0.220 e.